The van der Waals surface area contributed by atoms with Crippen LogP contribution in [-0.2, 0) is 9.59 Å². The Kier molecular flexibility index (Phi) is 9.16. The first kappa shape index (κ1) is 28.2. The van der Waals surface area contributed by atoms with Crippen LogP contribution >= 0.6 is 0 Å². The van der Waals surface area contributed by atoms with E-state index in [1.807, 2.05) is 0 Å². The van der Waals surface area contributed by atoms with Gasteiger partial charge in [-0.25, -0.2) is 0 Å². The summed E-state index contributed by atoms with van der Waals surface area (Å²) >= 11 is 0. The summed E-state index contributed by atoms with van der Waals surface area (Å²) in [6.45, 7) is 12.6. The van der Waals surface area contributed by atoms with E-state index < -0.39 is 18.4 Å². The molecular formula is C30H50O5. The van der Waals surface area contributed by atoms with Crippen LogP contribution in [0.4, 0.5) is 0 Å². The van der Waals surface area contributed by atoms with Gasteiger partial charge >= 0.3 is 11.9 Å². The fraction of sp³-hybridized carbons (Fsp3) is 0.867. The van der Waals surface area contributed by atoms with Gasteiger partial charge in [0.15, 0.2) is 0 Å². The van der Waals surface area contributed by atoms with Gasteiger partial charge in [0, 0.05) is 0 Å². The number of aliphatic hydroxyl groups excluding tert-OH is 1. The maximum absolute atomic E-state index is 10.2. The standard InChI is InChI=1S/C27H46O.C3H4O4/c1-18(2)7-6-8-19(3)23-11-12-24-22-10-9-20-17-21(28)13-15-26(20,4)25(22)14-16-27(23,24)5;4-2(5)1-3(6)7/h9,18-19,21-25,28H,6-8,10-17H2,1-5H3;1H2,(H,4,5)(H,6,7)/t19-,21+,22+,23-,24+,25+,26+,27-;/m1./s1. The zero-order valence-electron chi connectivity index (χ0n) is 22.8. The molecule has 200 valence electrons. The Morgan fingerprint density at radius 1 is 0.971 bits per heavy atom. The van der Waals surface area contributed by atoms with Gasteiger partial charge in [-0.3, -0.25) is 9.59 Å². The van der Waals surface area contributed by atoms with Gasteiger partial charge in [-0.2, -0.15) is 0 Å². The highest BCUT2D eigenvalue weighted by Gasteiger charge is 2.59. The second kappa shape index (κ2) is 11.4. The van der Waals surface area contributed by atoms with Gasteiger partial charge in [0.05, 0.1) is 6.10 Å². The number of aliphatic carboxylic acids is 2. The molecule has 0 unspecified atom stereocenters. The summed E-state index contributed by atoms with van der Waals surface area (Å²) in [7, 11) is 0. The van der Waals surface area contributed by atoms with E-state index in [-0.39, 0.29) is 6.10 Å². The molecule has 3 N–H and O–H groups in total. The van der Waals surface area contributed by atoms with Gasteiger partial charge in [0.2, 0.25) is 0 Å². The minimum Gasteiger partial charge on any atom is -0.481 e. The van der Waals surface area contributed by atoms with Crippen molar-refractivity contribution in [2.75, 3.05) is 0 Å². The molecule has 0 aromatic carbocycles. The zero-order chi connectivity index (χ0) is 26.0. The van der Waals surface area contributed by atoms with Crippen molar-refractivity contribution in [3.05, 3.63) is 11.6 Å². The molecule has 4 aliphatic rings. The molecule has 4 aliphatic carbocycles. The number of fused-ring (bicyclic) bond motifs is 5. The normalized spacial score (nSPS) is 38.8. The van der Waals surface area contributed by atoms with E-state index in [9.17, 15) is 14.7 Å². The van der Waals surface area contributed by atoms with Crippen LogP contribution in [0.15, 0.2) is 11.6 Å². The smallest absolute Gasteiger partial charge is 0.314 e. The largest absolute Gasteiger partial charge is 0.481 e. The highest BCUT2D eigenvalue weighted by atomic mass is 16.4. The highest BCUT2D eigenvalue weighted by molar-refractivity contribution is 5.88. The summed E-state index contributed by atoms with van der Waals surface area (Å²) in [6, 6.07) is 0. The van der Waals surface area contributed by atoms with E-state index in [0.29, 0.717) is 10.8 Å². The highest BCUT2D eigenvalue weighted by Crippen LogP contribution is 2.67. The summed E-state index contributed by atoms with van der Waals surface area (Å²) < 4.78 is 0. The molecule has 0 aliphatic heterocycles. The Balaban J connectivity index is 0.000000429. The average Bonchev–Trinajstić information content (AvgIpc) is 3.10. The molecule has 0 saturated heterocycles. The molecule has 0 radical (unpaired) electrons. The third-order valence-electron chi connectivity index (χ3n) is 10.6. The SMILES string of the molecule is CC(C)CCC[C@@H](C)[C@H]1CC[C@H]2[C@@H]3CC=C4C[C@@H](O)CC[C@]4(C)[C@H]3CC[C@]12C.O=C(O)CC(=O)O. The molecule has 0 bridgehead atoms. The minimum atomic E-state index is -1.31. The third kappa shape index (κ3) is 6.14. The fourth-order valence-electron chi connectivity index (χ4n) is 8.80. The van der Waals surface area contributed by atoms with Crippen molar-refractivity contribution in [3.63, 3.8) is 0 Å². The van der Waals surface area contributed by atoms with Crippen molar-refractivity contribution < 1.29 is 24.9 Å². The van der Waals surface area contributed by atoms with Crippen LogP contribution in [-0.4, -0.2) is 33.4 Å². The van der Waals surface area contributed by atoms with Crippen molar-refractivity contribution in [1.29, 1.82) is 0 Å². The van der Waals surface area contributed by atoms with E-state index in [0.717, 1.165) is 48.3 Å². The maximum atomic E-state index is 10.2. The third-order valence-corrected chi connectivity index (χ3v) is 10.6. The number of aliphatic hydroxyl groups is 1. The first-order valence-corrected chi connectivity index (χ1v) is 14.2. The first-order chi connectivity index (χ1) is 16.4. The van der Waals surface area contributed by atoms with E-state index >= 15 is 0 Å². The number of carbonyl (C=O) groups is 2. The molecule has 0 spiro atoms. The van der Waals surface area contributed by atoms with Gasteiger partial charge in [-0.1, -0.05) is 65.5 Å². The van der Waals surface area contributed by atoms with Crippen molar-refractivity contribution >= 4 is 11.9 Å². The van der Waals surface area contributed by atoms with Crippen molar-refractivity contribution in [2.24, 2.45) is 46.3 Å². The Labute approximate surface area is 212 Å². The van der Waals surface area contributed by atoms with Crippen LogP contribution in [0.2, 0.25) is 0 Å². The zero-order valence-corrected chi connectivity index (χ0v) is 22.8. The lowest BCUT2D eigenvalue weighted by Crippen LogP contribution is -2.50. The summed E-state index contributed by atoms with van der Waals surface area (Å²) in [6.07, 6.45) is 16.4. The number of hydrogen-bond donors (Lipinski definition) is 3. The summed E-state index contributed by atoms with van der Waals surface area (Å²) in [5.74, 6) is 2.83. The van der Waals surface area contributed by atoms with Crippen LogP contribution in [0.3, 0.4) is 0 Å². The summed E-state index contributed by atoms with van der Waals surface area (Å²) in [5.41, 5.74) is 2.60. The van der Waals surface area contributed by atoms with Crippen molar-refractivity contribution in [3.8, 4) is 0 Å². The van der Waals surface area contributed by atoms with E-state index in [1.165, 1.54) is 57.8 Å². The molecule has 4 rings (SSSR count). The monoisotopic (exact) mass is 490 g/mol. The van der Waals surface area contributed by atoms with Gasteiger partial charge < -0.3 is 15.3 Å². The first-order valence-electron chi connectivity index (χ1n) is 14.2. The van der Waals surface area contributed by atoms with E-state index in [1.54, 1.807) is 5.57 Å². The topological polar surface area (TPSA) is 94.8 Å². The lowest BCUT2D eigenvalue weighted by Gasteiger charge is -2.58. The fourth-order valence-corrected chi connectivity index (χ4v) is 8.80. The molecular weight excluding hydrogens is 440 g/mol. The van der Waals surface area contributed by atoms with Crippen LogP contribution in [0.25, 0.3) is 0 Å². The van der Waals surface area contributed by atoms with Crippen molar-refractivity contribution in [1.82, 2.24) is 0 Å². The molecule has 35 heavy (non-hydrogen) atoms. The molecule has 0 heterocycles. The number of carboxylic acid groups (broad SMARTS) is 2. The Bertz CT molecular complexity index is 776. The number of allylic oxidation sites excluding steroid dienone is 1. The lowest BCUT2D eigenvalue weighted by atomic mass is 9.47. The number of carboxylic acids is 2. The molecule has 5 nitrogen and oxygen atoms in total. The molecule has 5 heteroatoms. The second-order valence-electron chi connectivity index (χ2n) is 13.2. The van der Waals surface area contributed by atoms with Crippen LogP contribution in [0.5, 0.6) is 0 Å². The maximum Gasteiger partial charge on any atom is 0.314 e. The minimum absolute atomic E-state index is 0.0766. The molecule has 0 aromatic rings. The van der Waals surface area contributed by atoms with Gasteiger partial charge in [0.1, 0.15) is 6.42 Å². The molecule has 3 saturated carbocycles. The molecule has 0 aromatic heterocycles. The number of rotatable bonds is 7. The summed E-state index contributed by atoms with van der Waals surface area (Å²) in [5, 5.41) is 25.6. The number of hydrogen-bond acceptors (Lipinski definition) is 3. The van der Waals surface area contributed by atoms with Crippen LogP contribution in [0.1, 0.15) is 112 Å². The predicted molar refractivity (Wildman–Crippen MR) is 139 cm³/mol. The van der Waals surface area contributed by atoms with Crippen LogP contribution < -0.4 is 0 Å². The predicted octanol–water partition coefficient (Wildman–Crippen LogP) is 6.93. The van der Waals surface area contributed by atoms with E-state index in [4.69, 9.17) is 10.2 Å². The van der Waals surface area contributed by atoms with E-state index in [2.05, 4.69) is 40.7 Å². The summed E-state index contributed by atoms with van der Waals surface area (Å²) in [4.78, 5) is 18.9. The van der Waals surface area contributed by atoms with Crippen molar-refractivity contribution in [2.45, 2.75) is 118 Å². The van der Waals surface area contributed by atoms with Gasteiger partial charge in [-0.15, -0.1) is 0 Å². The molecule has 0 amide bonds. The molecule has 3 fully saturated rings. The Morgan fingerprint density at radius 2 is 1.66 bits per heavy atom. The Morgan fingerprint density at radius 3 is 2.26 bits per heavy atom. The second-order valence-corrected chi connectivity index (χ2v) is 13.2. The molecule has 8 atom stereocenters. The van der Waals surface area contributed by atoms with Gasteiger partial charge in [-0.05, 0) is 97.7 Å². The quantitative estimate of drug-likeness (QED) is 0.265. The van der Waals surface area contributed by atoms with Gasteiger partial charge in [0.25, 0.3) is 0 Å². The average molecular weight is 491 g/mol. The Hall–Kier alpha value is -1.36. The van der Waals surface area contributed by atoms with Crippen LogP contribution in [0, 0.1) is 46.3 Å². The lowest BCUT2D eigenvalue weighted by molar-refractivity contribution is -0.147.